The number of rotatable bonds is 12. The fraction of sp³-hybridized carbons (Fsp3) is 0.600. The Balaban J connectivity index is -0.000000451. The fourth-order valence-electron chi connectivity index (χ4n) is 1.95. The summed E-state index contributed by atoms with van der Waals surface area (Å²) in [7, 11) is 0. The van der Waals surface area contributed by atoms with Gasteiger partial charge in [-0.2, -0.15) is 0 Å². The summed E-state index contributed by atoms with van der Waals surface area (Å²) in [4.78, 5) is 61.9. The highest BCUT2D eigenvalue weighted by Crippen LogP contribution is 2.13. The lowest BCUT2D eigenvalue weighted by atomic mass is 9.93. The van der Waals surface area contributed by atoms with E-state index < -0.39 is 85.4 Å². The Kier molecular flexibility index (Phi) is 15.5. The highest BCUT2D eigenvalue weighted by atomic mass is 16.4. The standard InChI is InChI=1S/2C7H11NO6.CH4/c2*8-6(7(13)14)3(1-4(9)10)2-5(11)12;/h2*3,6H,1-2,8H2,(H,9,10)(H,11,12)(H,13,14);1H4. The summed E-state index contributed by atoms with van der Waals surface area (Å²) in [6, 6.07) is -2.94. The number of aliphatic carboxylic acids is 6. The third-order valence-electron chi connectivity index (χ3n) is 3.33. The van der Waals surface area contributed by atoms with Gasteiger partial charge in [-0.15, -0.1) is 0 Å². The van der Waals surface area contributed by atoms with Crippen LogP contribution < -0.4 is 11.5 Å². The van der Waals surface area contributed by atoms with Gasteiger partial charge in [-0.3, -0.25) is 28.8 Å². The molecule has 168 valence electrons. The lowest BCUT2D eigenvalue weighted by Gasteiger charge is -2.16. The maximum absolute atomic E-state index is 10.4. The molecule has 0 spiro atoms. The Bertz CT molecular complexity index is 522. The van der Waals surface area contributed by atoms with Gasteiger partial charge in [0, 0.05) is 11.8 Å². The molecule has 0 saturated heterocycles. The summed E-state index contributed by atoms with van der Waals surface area (Å²) in [5.74, 6) is -10.1. The van der Waals surface area contributed by atoms with Crippen molar-refractivity contribution in [2.45, 2.75) is 45.2 Å². The molecule has 14 nitrogen and oxygen atoms in total. The summed E-state index contributed by atoms with van der Waals surface area (Å²) in [5.41, 5.74) is 10.3. The minimum absolute atomic E-state index is 0. The number of carboxylic acids is 6. The molecule has 0 rings (SSSR count). The summed E-state index contributed by atoms with van der Waals surface area (Å²) < 4.78 is 0. The minimum Gasteiger partial charge on any atom is -0.481 e. The molecule has 0 radical (unpaired) electrons. The van der Waals surface area contributed by atoms with E-state index in [-0.39, 0.29) is 7.43 Å². The molecule has 14 heteroatoms. The van der Waals surface area contributed by atoms with Crippen LogP contribution in [-0.4, -0.2) is 78.5 Å². The van der Waals surface area contributed by atoms with Crippen LogP contribution in [0.1, 0.15) is 33.1 Å². The second-order valence-corrected chi connectivity index (χ2v) is 5.64. The maximum Gasteiger partial charge on any atom is 0.320 e. The van der Waals surface area contributed by atoms with Gasteiger partial charge in [-0.05, 0) is 0 Å². The largest absolute Gasteiger partial charge is 0.481 e. The molecule has 2 atom stereocenters. The fourth-order valence-corrected chi connectivity index (χ4v) is 1.95. The highest BCUT2D eigenvalue weighted by Gasteiger charge is 2.29. The van der Waals surface area contributed by atoms with Crippen LogP contribution in [0.2, 0.25) is 0 Å². The van der Waals surface area contributed by atoms with E-state index in [1.807, 2.05) is 0 Å². The minimum atomic E-state index is -1.47. The van der Waals surface area contributed by atoms with Gasteiger partial charge in [0.2, 0.25) is 0 Å². The van der Waals surface area contributed by atoms with Crippen LogP contribution >= 0.6 is 0 Å². The molecule has 0 heterocycles. The molecule has 10 N–H and O–H groups in total. The van der Waals surface area contributed by atoms with E-state index in [0.717, 1.165) is 0 Å². The van der Waals surface area contributed by atoms with Crippen LogP contribution in [0, 0.1) is 11.8 Å². The first-order chi connectivity index (χ1) is 12.7. The number of nitrogens with two attached hydrogens (primary N) is 2. The summed E-state index contributed by atoms with van der Waals surface area (Å²) in [6.45, 7) is 0. The van der Waals surface area contributed by atoms with E-state index in [2.05, 4.69) is 0 Å². The van der Waals surface area contributed by atoms with Crippen LogP contribution in [0.25, 0.3) is 0 Å². The molecule has 0 aromatic rings. The van der Waals surface area contributed by atoms with Crippen LogP contribution in [0.15, 0.2) is 0 Å². The maximum atomic E-state index is 10.4. The molecular weight excluding hydrogens is 400 g/mol. The molecule has 0 aliphatic carbocycles. The van der Waals surface area contributed by atoms with E-state index in [1.165, 1.54) is 0 Å². The summed E-state index contributed by atoms with van der Waals surface area (Å²) in [5, 5.41) is 50.5. The van der Waals surface area contributed by atoms with Gasteiger partial charge < -0.3 is 42.1 Å². The monoisotopic (exact) mass is 426 g/mol. The third-order valence-corrected chi connectivity index (χ3v) is 3.33. The van der Waals surface area contributed by atoms with E-state index >= 15 is 0 Å². The van der Waals surface area contributed by atoms with Crippen LogP contribution in [-0.2, 0) is 28.8 Å². The number of hydrogen-bond acceptors (Lipinski definition) is 8. The van der Waals surface area contributed by atoms with Crippen molar-refractivity contribution in [3.8, 4) is 0 Å². The Hall–Kier alpha value is -3.26. The zero-order valence-corrected chi connectivity index (χ0v) is 14.4. The predicted octanol–water partition coefficient (Wildman–Crippen LogP) is -1.44. The Labute approximate surface area is 164 Å². The van der Waals surface area contributed by atoms with Gasteiger partial charge in [0.1, 0.15) is 12.1 Å². The van der Waals surface area contributed by atoms with Crippen molar-refractivity contribution in [2.75, 3.05) is 0 Å². The highest BCUT2D eigenvalue weighted by molar-refractivity contribution is 5.78. The average Bonchev–Trinajstić information content (AvgIpc) is 2.50. The topological polar surface area (TPSA) is 276 Å². The predicted molar refractivity (Wildman–Crippen MR) is 93.9 cm³/mol. The second-order valence-electron chi connectivity index (χ2n) is 5.64. The SMILES string of the molecule is C.NC(C(=O)O)C(CC(=O)O)CC(=O)O.NC(C(=O)O)C(CC(=O)O)CC(=O)O. The first-order valence-corrected chi connectivity index (χ1v) is 7.52. The molecule has 0 fully saturated rings. The van der Waals surface area contributed by atoms with Crippen molar-refractivity contribution in [2.24, 2.45) is 23.3 Å². The summed E-state index contributed by atoms with van der Waals surface area (Å²) >= 11 is 0. The Morgan fingerprint density at radius 3 is 0.793 bits per heavy atom. The normalized spacial score (nSPS) is 12.0. The van der Waals surface area contributed by atoms with Gasteiger partial charge in [0.15, 0.2) is 0 Å². The van der Waals surface area contributed by atoms with Crippen molar-refractivity contribution in [1.82, 2.24) is 0 Å². The Morgan fingerprint density at radius 1 is 0.517 bits per heavy atom. The number of carboxylic acid groups (broad SMARTS) is 6. The van der Waals surface area contributed by atoms with Crippen LogP contribution in [0.3, 0.4) is 0 Å². The molecule has 2 unspecified atom stereocenters. The smallest absolute Gasteiger partial charge is 0.320 e. The molecule has 0 aliphatic rings. The van der Waals surface area contributed by atoms with Gasteiger partial charge in [0.25, 0.3) is 0 Å². The molecule has 0 amide bonds. The van der Waals surface area contributed by atoms with E-state index in [1.54, 1.807) is 0 Å². The first-order valence-electron chi connectivity index (χ1n) is 7.52. The lowest BCUT2D eigenvalue weighted by Crippen LogP contribution is -2.40. The average molecular weight is 426 g/mol. The van der Waals surface area contributed by atoms with Gasteiger partial charge >= 0.3 is 35.8 Å². The first kappa shape index (κ1) is 30.5. The zero-order valence-electron chi connectivity index (χ0n) is 14.4. The van der Waals surface area contributed by atoms with Crippen molar-refractivity contribution in [3.05, 3.63) is 0 Å². The molecule has 0 aliphatic heterocycles. The quantitative estimate of drug-likeness (QED) is 0.177. The number of carbonyl (C=O) groups is 6. The van der Waals surface area contributed by atoms with E-state index in [4.69, 9.17) is 42.1 Å². The number of hydrogen-bond donors (Lipinski definition) is 8. The molecular formula is C15H26N2O12. The summed E-state index contributed by atoms with van der Waals surface area (Å²) in [6.07, 6.45) is -2.28. The van der Waals surface area contributed by atoms with E-state index in [0.29, 0.717) is 0 Å². The Morgan fingerprint density at radius 2 is 0.690 bits per heavy atom. The molecule has 0 bridgehead atoms. The molecule has 0 aromatic heterocycles. The van der Waals surface area contributed by atoms with Gasteiger partial charge in [-0.25, -0.2) is 0 Å². The van der Waals surface area contributed by atoms with Gasteiger partial charge in [-0.1, -0.05) is 7.43 Å². The van der Waals surface area contributed by atoms with Crippen molar-refractivity contribution in [1.29, 1.82) is 0 Å². The van der Waals surface area contributed by atoms with Crippen molar-refractivity contribution < 1.29 is 59.4 Å². The third kappa shape index (κ3) is 15.5. The van der Waals surface area contributed by atoms with Gasteiger partial charge in [0.05, 0.1) is 25.7 Å². The molecule has 0 saturated carbocycles. The lowest BCUT2D eigenvalue weighted by molar-refractivity contribution is -0.147. The molecule has 29 heavy (non-hydrogen) atoms. The van der Waals surface area contributed by atoms with E-state index in [9.17, 15) is 28.8 Å². The van der Waals surface area contributed by atoms with Crippen LogP contribution in [0.4, 0.5) is 0 Å². The van der Waals surface area contributed by atoms with Crippen molar-refractivity contribution in [3.63, 3.8) is 0 Å². The van der Waals surface area contributed by atoms with Crippen LogP contribution in [0.5, 0.6) is 0 Å². The van der Waals surface area contributed by atoms with Crippen molar-refractivity contribution >= 4 is 35.8 Å². The molecule has 0 aromatic carbocycles. The zero-order chi connectivity index (χ0) is 22.6. The second kappa shape index (κ2) is 14.8.